The van der Waals surface area contributed by atoms with Gasteiger partial charge in [-0.3, -0.25) is 0 Å². The van der Waals surface area contributed by atoms with Crippen molar-refractivity contribution in [2.45, 2.75) is 25.4 Å². The Bertz CT molecular complexity index is 574. The van der Waals surface area contributed by atoms with Crippen LogP contribution in [0.15, 0.2) is 47.1 Å². The van der Waals surface area contributed by atoms with Gasteiger partial charge in [-0.2, -0.15) is 0 Å². The van der Waals surface area contributed by atoms with Gasteiger partial charge in [-0.1, -0.05) is 18.2 Å². The van der Waals surface area contributed by atoms with Crippen molar-refractivity contribution in [2.24, 2.45) is 0 Å². The first-order chi connectivity index (χ1) is 10.2. The summed E-state index contributed by atoms with van der Waals surface area (Å²) in [5.41, 5.74) is -0.0855. The summed E-state index contributed by atoms with van der Waals surface area (Å²) >= 11 is 0. The summed E-state index contributed by atoms with van der Waals surface area (Å²) in [6, 6.07) is 10.1. The van der Waals surface area contributed by atoms with Crippen molar-refractivity contribution in [2.75, 3.05) is 13.2 Å². The van der Waals surface area contributed by atoms with E-state index in [0.29, 0.717) is 24.5 Å². The highest BCUT2D eigenvalue weighted by molar-refractivity contribution is 5.16. The van der Waals surface area contributed by atoms with Gasteiger partial charge < -0.3 is 18.6 Å². The summed E-state index contributed by atoms with van der Waals surface area (Å²) in [6.45, 7) is 2.77. The Morgan fingerprint density at radius 3 is 2.62 bits per heavy atom. The highest BCUT2D eigenvalue weighted by atomic mass is 19.1. The van der Waals surface area contributed by atoms with Crippen molar-refractivity contribution in [3.05, 3.63) is 59.8 Å². The number of hydrogen-bond acceptors (Lipinski definition) is 4. The molecule has 0 bridgehead atoms. The van der Waals surface area contributed by atoms with Crippen molar-refractivity contribution < 1.29 is 23.0 Å². The smallest absolute Gasteiger partial charge is 0.217 e. The van der Waals surface area contributed by atoms with E-state index in [-0.39, 0.29) is 12.4 Å². The molecule has 4 nitrogen and oxygen atoms in total. The van der Waals surface area contributed by atoms with Gasteiger partial charge in [-0.15, -0.1) is 0 Å². The van der Waals surface area contributed by atoms with Crippen molar-refractivity contribution >= 4 is 0 Å². The zero-order valence-electron chi connectivity index (χ0n) is 11.8. The van der Waals surface area contributed by atoms with E-state index < -0.39 is 11.9 Å². The molecule has 0 radical (unpaired) electrons. The van der Waals surface area contributed by atoms with Gasteiger partial charge in [0.2, 0.25) is 6.29 Å². The van der Waals surface area contributed by atoms with Gasteiger partial charge in [0, 0.05) is 5.56 Å². The molecule has 1 aromatic heterocycles. The Labute approximate surface area is 122 Å². The van der Waals surface area contributed by atoms with E-state index in [9.17, 15) is 4.39 Å². The van der Waals surface area contributed by atoms with Gasteiger partial charge in [0.1, 0.15) is 11.4 Å². The Balaban J connectivity index is 1.56. The van der Waals surface area contributed by atoms with Crippen molar-refractivity contribution in [1.29, 1.82) is 0 Å². The second-order valence-electron chi connectivity index (χ2n) is 5.30. The summed E-state index contributed by atoms with van der Waals surface area (Å²) in [5.74, 6) is 0.360. The highest BCUT2D eigenvalue weighted by Crippen LogP contribution is 2.29. The Morgan fingerprint density at radius 2 is 1.95 bits per heavy atom. The number of hydrogen-bond donors (Lipinski definition) is 0. The molecular formula is C16H17FO4. The zero-order valence-corrected chi connectivity index (χ0v) is 11.8. The van der Waals surface area contributed by atoms with Crippen LogP contribution in [0, 0.1) is 5.82 Å². The average molecular weight is 292 g/mol. The predicted octanol–water partition coefficient (Wildman–Crippen LogP) is 3.44. The van der Waals surface area contributed by atoms with Crippen LogP contribution in [0.25, 0.3) is 0 Å². The fourth-order valence-electron chi connectivity index (χ4n) is 2.13. The van der Waals surface area contributed by atoms with Crippen LogP contribution >= 0.6 is 0 Å². The monoisotopic (exact) mass is 292 g/mol. The summed E-state index contributed by atoms with van der Waals surface area (Å²) in [4.78, 5) is 0. The molecule has 0 amide bonds. The maximum absolute atomic E-state index is 13.6. The first-order valence-electron chi connectivity index (χ1n) is 6.80. The summed E-state index contributed by atoms with van der Waals surface area (Å²) < 4.78 is 35.8. The zero-order chi connectivity index (χ0) is 14.7. The minimum Gasteiger partial charge on any atom is -0.464 e. The highest BCUT2D eigenvalue weighted by Gasteiger charge is 2.35. The van der Waals surface area contributed by atoms with E-state index in [2.05, 4.69) is 0 Å². The summed E-state index contributed by atoms with van der Waals surface area (Å²) in [6.07, 6.45) is 1.06. The largest absolute Gasteiger partial charge is 0.464 e. The van der Waals surface area contributed by atoms with Gasteiger partial charge in [0.15, 0.2) is 5.76 Å². The van der Waals surface area contributed by atoms with E-state index in [0.717, 1.165) is 0 Å². The third-order valence-electron chi connectivity index (χ3n) is 3.39. The third kappa shape index (κ3) is 3.32. The molecule has 1 aliphatic heterocycles. The molecule has 0 spiro atoms. The minimum absolute atomic E-state index is 0.182. The Hall–Kier alpha value is -1.69. The van der Waals surface area contributed by atoms with Gasteiger partial charge in [-0.25, -0.2) is 4.39 Å². The maximum atomic E-state index is 13.6. The van der Waals surface area contributed by atoms with Gasteiger partial charge >= 0.3 is 0 Å². The lowest BCUT2D eigenvalue weighted by Crippen LogP contribution is -2.44. The standard InChI is InChI=1S/C16H17FO4/c1-16(21-9-12-5-2-3-6-13(12)17)10-19-15(20-11-16)14-7-4-8-18-14/h2-8,15H,9-11H2,1H3/t15-,16+. The lowest BCUT2D eigenvalue weighted by molar-refractivity contribution is -0.272. The molecule has 0 N–H and O–H groups in total. The molecule has 0 aliphatic carbocycles. The normalized spacial score (nSPS) is 25.9. The van der Waals surface area contributed by atoms with Crippen molar-refractivity contribution in [3.63, 3.8) is 0 Å². The maximum Gasteiger partial charge on any atom is 0.217 e. The van der Waals surface area contributed by atoms with Crippen LogP contribution in [-0.4, -0.2) is 18.8 Å². The molecule has 0 saturated carbocycles. The molecule has 112 valence electrons. The average Bonchev–Trinajstić information content (AvgIpc) is 3.02. The van der Waals surface area contributed by atoms with Crippen LogP contribution in [0.5, 0.6) is 0 Å². The summed E-state index contributed by atoms with van der Waals surface area (Å²) in [5, 5.41) is 0. The number of rotatable bonds is 4. The van der Waals surface area contributed by atoms with E-state index in [4.69, 9.17) is 18.6 Å². The summed E-state index contributed by atoms with van der Waals surface area (Å²) in [7, 11) is 0. The van der Waals surface area contributed by atoms with Crippen LogP contribution < -0.4 is 0 Å². The topological polar surface area (TPSA) is 40.8 Å². The molecule has 1 aromatic carbocycles. The molecule has 1 fully saturated rings. The molecule has 21 heavy (non-hydrogen) atoms. The fourth-order valence-corrected chi connectivity index (χ4v) is 2.13. The Morgan fingerprint density at radius 1 is 1.19 bits per heavy atom. The fraction of sp³-hybridized carbons (Fsp3) is 0.375. The van der Waals surface area contributed by atoms with Crippen molar-refractivity contribution in [3.8, 4) is 0 Å². The Kier molecular flexibility index (Phi) is 4.05. The first-order valence-corrected chi connectivity index (χ1v) is 6.80. The van der Waals surface area contributed by atoms with E-state index in [1.54, 1.807) is 36.6 Å². The van der Waals surface area contributed by atoms with Crippen LogP contribution in [0.2, 0.25) is 0 Å². The van der Waals surface area contributed by atoms with Gasteiger partial charge in [0.05, 0.1) is 26.1 Å². The minimum atomic E-state index is -0.606. The molecule has 5 heteroatoms. The number of furan rings is 1. The first kappa shape index (κ1) is 14.3. The quantitative estimate of drug-likeness (QED) is 0.865. The van der Waals surface area contributed by atoms with Crippen LogP contribution in [0.3, 0.4) is 0 Å². The van der Waals surface area contributed by atoms with Crippen LogP contribution in [0.4, 0.5) is 4.39 Å². The van der Waals surface area contributed by atoms with Crippen LogP contribution in [-0.2, 0) is 20.8 Å². The molecule has 0 unspecified atom stereocenters. The number of ether oxygens (including phenoxy) is 3. The molecule has 1 saturated heterocycles. The van der Waals surface area contributed by atoms with E-state index in [1.807, 2.05) is 6.92 Å². The van der Waals surface area contributed by atoms with E-state index in [1.165, 1.54) is 6.07 Å². The number of benzene rings is 1. The molecule has 3 rings (SSSR count). The molecule has 2 heterocycles. The lowest BCUT2D eigenvalue weighted by atomic mass is 10.1. The van der Waals surface area contributed by atoms with Gasteiger partial charge in [0.25, 0.3) is 0 Å². The van der Waals surface area contributed by atoms with Crippen LogP contribution in [0.1, 0.15) is 24.5 Å². The SMILES string of the molecule is C[C@]1(OCc2ccccc2F)CO[C@@H](c2ccco2)OC1. The van der Waals surface area contributed by atoms with Gasteiger partial charge in [-0.05, 0) is 25.1 Å². The van der Waals surface area contributed by atoms with Crippen molar-refractivity contribution in [1.82, 2.24) is 0 Å². The predicted molar refractivity (Wildman–Crippen MR) is 72.9 cm³/mol. The molecule has 1 aliphatic rings. The molecule has 0 atom stereocenters. The molecule has 2 aromatic rings. The third-order valence-corrected chi connectivity index (χ3v) is 3.39. The van der Waals surface area contributed by atoms with E-state index >= 15 is 0 Å². The molecular weight excluding hydrogens is 275 g/mol. The second kappa shape index (κ2) is 5.97. The number of halogens is 1. The lowest BCUT2D eigenvalue weighted by Gasteiger charge is -2.36. The second-order valence-corrected chi connectivity index (χ2v) is 5.30.